The summed E-state index contributed by atoms with van der Waals surface area (Å²) in [5, 5.41) is 10.2. The predicted molar refractivity (Wildman–Crippen MR) is 65.1 cm³/mol. The molecule has 1 N–H and O–H groups in total. The first-order valence-electron chi connectivity index (χ1n) is 5.18. The van der Waals surface area contributed by atoms with Crippen LogP contribution in [0.25, 0.3) is 0 Å². The highest BCUT2D eigenvalue weighted by atomic mass is 35.5. The third-order valence-electron chi connectivity index (χ3n) is 2.31. The van der Waals surface area contributed by atoms with Crippen LogP contribution in [0.2, 0.25) is 0 Å². The summed E-state index contributed by atoms with van der Waals surface area (Å²) in [7, 11) is 0. The van der Waals surface area contributed by atoms with E-state index in [1.54, 1.807) is 6.92 Å². The second-order valence-corrected chi connectivity index (χ2v) is 4.13. The fourth-order valence-electron chi connectivity index (χ4n) is 1.38. The van der Waals surface area contributed by atoms with Crippen molar-refractivity contribution in [2.75, 3.05) is 5.88 Å². The maximum Gasteiger partial charge on any atom is 0.105 e. The molecule has 82 valence electrons. The largest absolute Gasteiger partial charge is 0.381 e. The van der Waals surface area contributed by atoms with E-state index >= 15 is 0 Å². The third-order valence-corrected chi connectivity index (χ3v) is 2.57. The van der Waals surface area contributed by atoms with Gasteiger partial charge in [0.25, 0.3) is 0 Å². The molecule has 1 aromatic carbocycles. The van der Waals surface area contributed by atoms with E-state index in [1.165, 1.54) is 0 Å². The van der Waals surface area contributed by atoms with Gasteiger partial charge < -0.3 is 5.11 Å². The SMILES string of the molecule is CC(O)(/C=C/CCCCl)c1ccccc1. The van der Waals surface area contributed by atoms with Crippen molar-refractivity contribution in [2.45, 2.75) is 25.4 Å². The molecule has 1 unspecified atom stereocenters. The summed E-state index contributed by atoms with van der Waals surface area (Å²) in [5.74, 6) is 0.665. The Labute approximate surface area is 96.4 Å². The van der Waals surface area contributed by atoms with Crippen LogP contribution < -0.4 is 0 Å². The lowest BCUT2D eigenvalue weighted by molar-refractivity contribution is 0.111. The molecule has 1 rings (SSSR count). The molecule has 0 aliphatic carbocycles. The van der Waals surface area contributed by atoms with Crippen LogP contribution >= 0.6 is 11.6 Å². The molecule has 0 aliphatic rings. The number of aliphatic hydroxyl groups is 1. The number of hydrogen-bond acceptors (Lipinski definition) is 1. The quantitative estimate of drug-likeness (QED) is 0.461. The van der Waals surface area contributed by atoms with Gasteiger partial charge in [-0.25, -0.2) is 0 Å². The van der Waals surface area contributed by atoms with E-state index in [2.05, 4.69) is 0 Å². The van der Waals surface area contributed by atoms with Gasteiger partial charge in [0.2, 0.25) is 0 Å². The lowest BCUT2D eigenvalue weighted by atomic mass is 9.95. The maximum atomic E-state index is 10.2. The molecule has 0 amide bonds. The first-order chi connectivity index (χ1) is 7.17. The van der Waals surface area contributed by atoms with Gasteiger partial charge in [-0.2, -0.15) is 0 Å². The Morgan fingerprint density at radius 2 is 2.00 bits per heavy atom. The number of alkyl halides is 1. The molecule has 0 spiro atoms. The number of rotatable bonds is 5. The lowest BCUT2D eigenvalue weighted by Gasteiger charge is -2.19. The highest BCUT2D eigenvalue weighted by molar-refractivity contribution is 6.17. The number of allylic oxidation sites excluding steroid dienone is 1. The third kappa shape index (κ3) is 4.06. The van der Waals surface area contributed by atoms with Gasteiger partial charge in [-0.15, -0.1) is 11.6 Å². The smallest absolute Gasteiger partial charge is 0.105 e. The molecule has 0 aromatic heterocycles. The van der Waals surface area contributed by atoms with Crippen molar-refractivity contribution in [3.63, 3.8) is 0 Å². The summed E-state index contributed by atoms with van der Waals surface area (Å²) >= 11 is 5.57. The van der Waals surface area contributed by atoms with E-state index in [0.29, 0.717) is 5.88 Å². The summed E-state index contributed by atoms with van der Waals surface area (Å²) < 4.78 is 0. The zero-order chi connectivity index (χ0) is 11.1. The number of unbranched alkanes of at least 4 members (excludes halogenated alkanes) is 1. The molecular weight excluding hydrogens is 208 g/mol. The van der Waals surface area contributed by atoms with Gasteiger partial charge >= 0.3 is 0 Å². The van der Waals surface area contributed by atoms with Gasteiger partial charge in [-0.3, -0.25) is 0 Å². The molecule has 0 fully saturated rings. The van der Waals surface area contributed by atoms with Crippen LogP contribution in [0.1, 0.15) is 25.3 Å². The fourth-order valence-corrected chi connectivity index (χ4v) is 1.53. The van der Waals surface area contributed by atoms with Crippen LogP contribution in [-0.2, 0) is 5.60 Å². The van der Waals surface area contributed by atoms with Gasteiger partial charge in [0, 0.05) is 5.88 Å². The van der Waals surface area contributed by atoms with Crippen LogP contribution in [0.3, 0.4) is 0 Å². The van der Waals surface area contributed by atoms with E-state index in [9.17, 15) is 5.11 Å². The van der Waals surface area contributed by atoms with E-state index in [0.717, 1.165) is 18.4 Å². The van der Waals surface area contributed by atoms with E-state index in [4.69, 9.17) is 11.6 Å². The van der Waals surface area contributed by atoms with Gasteiger partial charge in [-0.05, 0) is 25.3 Å². The molecule has 1 nitrogen and oxygen atoms in total. The first-order valence-corrected chi connectivity index (χ1v) is 5.72. The summed E-state index contributed by atoms with van der Waals surface area (Å²) in [6.07, 6.45) is 5.67. The summed E-state index contributed by atoms with van der Waals surface area (Å²) in [6, 6.07) is 9.64. The molecule has 1 atom stereocenters. The average molecular weight is 225 g/mol. The van der Waals surface area contributed by atoms with Crippen molar-refractivity contribution in [1.82, 2.24) is 0 Å². The molecule has 0 saturated carbocycles. The minimum absolute atomic E-state index is 0.665. The minimum atomic E-state index is -0.881. The average Bonchev–Trinajstić information content (AvgIpc) is 2.26. The number of halogens is 1. The first kappa shape index (κ1) is 12.3. The van der Waals surface area contributed by atoms with Crippen molar-refractivity contribution in [3.05, 3.63) is 48.0 Å². The van der Waals surface area contributed by atoms with Crippen molar-refractivity contribution >= 4 is 11.6 Å². The van der Waals surface area contributed by atoms with Gasteiger partial charge in [0.05, 0.1) is 0 Å². The highest BCUT2D eigenvalue weighted by Gasteiger charge is 2.17. The molecule has 2 heteroatoms. The Bertz CT molecular complexity index is 304. The van der Waals surface area contributed by atoms with Crippen molar-refractivity contribution < 1.29 is 5.11 Å². The van der Waals surface area contributed by atoms with E-state index < -0.39 is 5.60 Å². The Kier molecular flexibility index (Phi) is 4.86. The molecule has 0 radical (unpaired) electrons. The van der Waals surface area contributed by atoms with Crippen molar-refractivity contribution in [3.8, 4) is 0 Å². The molecule has 0 saturated heterocycles. The highest BCUT2D eigenvalue weighted by Crippen LogP contribution is 2.21. The Morgan fingerprint density at radius 3 is 2.60 bits per heavy atom. The van der Waals surface area contributed by atoms with Crippen LogP contribution in [0.15, 0.2) is 42.5 Å². The summed E-state index contributed by atoms with van der Waals surface area (Å²) in [6.45, 7) is 1.79. The normalized spacial score (nSPS) is 15.4. The summed E-state index contributed by atoms with van der Waals surface area (Å²) in [5.41, 5.74) is 0.0280. The standard InChI is InChI=1S/C13H17ClO/c1-13(15,10-6-3-7-11-14)12-8-4-2-5-9-12/h2,4-6,8-10,15H,3,7,11H2,1H3/b10-6+. The molecule has 0 heterocycles. The van der Waals surface area contributed by atoms with Crippen LogP contribution in [0.4, 0.5) is 0 Å². The maximum absolute atomic E-state index is 10.2. The predicted octanol–water partition coefficient (Wildman–Crippen LogP) is 3.47. The van der Waals surface area contributed by atoms with Crippen LogP contribution in [0, 0.1) is 0 Å². The summed E-state index contributed by atoms with van der Waals surface area (Å²) in [4.78, 5) is 0. The van der Waals surface area contributed by atoms with E-state index in [-0.39, 0.29) is 0 Å². The van der Waals surface area contributed by atoms with Gasteiger partial charge in [-0.1, -0.05) is 42.5 Å². The van der Waals surface area contributed by atoms with Crippen LogP contribution in [0.5, 0.6) is 0 Å². The van der Waals surface area contributed by atoms with Gasteiger partial charge in [0.1, 0.15) is 5.60 Å². The fraction of sp³-hybridized carbons (Fsp3) is 0.385. The monoisotopic (exact) mass is 224 g/mol. The second kappa shape index (κ2) is 5.94. The second-order valence-electron chi connectivity index (χ2n) is 3.75. The molecule has 1 aromatic rings. The number of hydrogen-bond donors (Lipinski definition) is 1. The molecule has 0 bridgehead atoms. The van der Waals surface area contributed by atoms with Crippen molar-refractivity contribution in [1.29, 1.82) is 0 Å². The minimum Gasteiger partial charge on any atom is -0.381 e. The van der Waals surface area contributed by atoms with Gasteiger partial charge in [0.15, 0.2) is 0 Å². The Hall–Kier alpha value is -0.790. The Morgan fingerprint density at radius 1 is 1.33 bits per heavy atom. The van der Waals surface area contributed by atoms with E-state index in [1.807, 2.05) is 42.5 Å². The van der Waals surface area contributed by atoms with Crippen molar-refractivity contribution in [2.24, 2.45) is 0 Å². The molecule has 0 aliphatic heterocycles. The Balaban J connectivity index is 2.63. The van der Waals surface area contributed by atoms with Crippen LogP contribution in [-0.4, -0.2) is 11.0 Å². The zero-order valence-electron chi connectivity index (χ0n) is 8.99. The molecule has 15 heavy (non-hydrogen) atoms. The lowest BCUT2D eigenvalue weighted by Crippen LogP contribution is -2.17. The molecular formula is C13H17ClO. The topological polar surface area (TPSA) is 20.2 Å². The zero-order valence-corrected chi connectivity index (χ0v) is 9.74. The number of benzene rings is 1.